The van der Waals surface area contributed by atoms with Crippen LogP contribution >= 0.6 is 0 Å². The predicted octanol–water partition coefficient (Wildman–Crippen LogP) is 5.27. The maximum Gasteiger partial charge on any atom is 0.407 e. The highest BCUT2D eigenvalue weighted by Crippen LogP contribution is 2.46. The van der Waals surface area contributed by atoms with Crippen molar-refractivity contribution < 1.29 is 23.5 Å². The van der Waals surface area contributed by atoms with Gasteiger partial charge in [0.1, 0.15) is 29.1 Å². The molecule has 0 bridgehead atoms. The van der Waals surface area contributed by atoms with Crippen LogP contribution < -0.4 is 15.0 Å². The van der Waals surface area contributed by atoms with E-state index in [2.05, 4.69) is 15.3 Å². The Morgan fingerprint density at radius 1 is 1.26 bits per heavy atom. The zero-order valence-electron chi connectivity index (χ0n) is 23.2. The van der Waals surface area contributed by atoms with E-state index >= 15 is 0 Å². The van der Waals surface area contributed by atoms with E-state index in [1.807, 2.05) is 33.9 Å². The van der Waals surface area contributed by atoms with Crippen molar-refractivity contribution in [2.24, 2.45) is 5.92 Å². The van der Waals surface area contributed by atoms with Gasteiger partial charge in [0.05, 0.1) is 24.3 Å². The lowest BCUT2D eigenvalue weighted by Gasteiger charge is -2.32. The molecule has 2 aliphatic rings. The van der Waals surface area contributed by atoms with Crippen LogP contribution in [-0.2, 0) is 11.2 Å². The van der Waals surface area contributed by atoms with Gasteiger partial charge >= 0.3 is 6.09 Å². The molecule has 1 unspecified atom stereocenters. The number of nitrogens with zero attached hydrogens (tertiary/aromatic N) is 4. The largest absolute Gasteiger partial charge is 0.489 e. The molecule has 3 aromatic rings. The summed E-state index contributed by atoms with van der Waals surface area (Å²) < 4.78 is 27.9. The SMILES string of the molecule is CC(=O)c1cnn2cc3c(nc12)N(C(CC1CC1)c1cc(F)ccc1O[C@@H](C)CNC(=O)OC(C)(C)C)CC3. The van der Waals surface area contributed by atoms with E-state index in [1.165, 1.54) is 13.0 Å². The first-order valence-corrected chi connectivity index (χ1v) is 13.6. The number of fused-ring (bicyclic) bond motifs is 2. The van der Waals surface area contributed by atoms with Crippen molar-refractivity contribution in [3.8, 4) is 5.75 Å². The molecule has 5 rings (SSSR count). The number of ketones is 1. The molecule has 0 spiro atoms. The van der Waals surface area contributed by atoms with Crippen molar-refractivity contribution in [3.63, 3.8) is 0 Å². The van der Waals surface area contributed by atoms with E-state index in [1.54, 1.807) is 22.8 Å². The Bertz CT molecular complexity index is 1390. The normalized spacial score (nSPS) is 16.6. The Balaban J connectivity index is 1.43. The quantitative estimate of drug-likeness (QED) is 0.372. The molecular formula is C29H36FN5O4. The third-order valence-electron chi connectivity index (χ3n) is 7.04. The lowest BCUT2D eigenvalue weighted by molar-refractivity contribution is 0.0504. The maximum absolute atomic E-state index is 14.7. The first kappa shape index (κ1) is 26.9. The van der Waals surface area contributed by atoms with E-state index in [4.69, 9.17) is 14.5 Å². The number of aromatic nitrogens is 3. The number of nitrogens with one attached hydrogen (secondary N) is 1. The molecule has 39 heavy (non-hydrogen) atoms. The summed E-state index contributed by atoms with van der Waals surface area (Å²) in [5, 5.41) is 7.06. The number of carbonyl (C=O) groups is 2. The molecule has 208 valence electrons. The minimum atomic E-state index is -0.595. The number of carbonyl (C=O) groups excluding carboxylic acids is 2. The van der Waals surface area contributed by atoms with Gasteiger partial charge in [0.2, 0.25) is 0 Å². The number of amides is 1. The highest BCUT2D eigenvalue weighted by Gasteiger charge is 2.36. The second-order valence-corrected chi connectivity index (χ2v) is 11.6. The summed E-state index contributed by atoms with van der Waals surface area (Å²) in [5.41, 5.74) is 2.19. The van der Waals surface area contributed by atoms with Crippen LogP contribution in [0.5, 0.6) is 5.75 Å². The molecule has 1 amide bonds. The first-order chi connectivity index (χ1) is 18.5. The average molecular weight is 538 g/mol. The van der Waals surface area contributed by atoms with Gasteiger partial charge in [0.25, 0.3) is 0 Å². The zero-order chi connectivity index (χ0) is 27.9. The van der Waals surface area contributed by atoms with Crippen LogP contribution in [-0.4, -0.2) is 51.3 Å². The van der Waals surface area contributed by atoms with E-state index in [-0.39, 0.29) is 30.3 Å². The van der Waals surface area contributed by atoms with Crippen LogP contribution in [0.3, 0.4) is 0 Å². The number of halogens is 1. The summed E-state index contributed by atoms with van der Waals surface area (Å²) >= 11 is 0. The van der Waals surface area contributed by atoms with E-state index in [0.717, 1.165) is 42.6 Å². The van der Waals surface area contributed by atoms with Crippen LogP contribution in [0, 0.1) is 11.7 Å². The second kappa shape index (κ2) is 10.5. The average Bonchev–Trinajstić information content (AvgIpc) is 3.43. The van der Waals surface area contributed by atoms with Crippen molar-refractivity contribution in [2.75, 3.05) is 18.0 Å². The molecular weight excluding hydrogens is 501 g/mol. The molecule has 1 aliphatic heterocycles. The van der Waals surface area contributed by atoms with Crippen LogP contribution in [0.15, 0.2) is 30.6 Å². The number of Topliss-reactive ketones (excluding diaryl/α,β-unsaturated/α-hetero) is 1. The van der Waals surface area contributed by atoms with E-state index < -0.39 is 11.7 Å². The highest BCUT2D eigenvalue weighted by atomic mass is 19.1. The number of benzene rings is 1. The summed E-state index contributed by atoms with van der Waals surface area (Å²) in [6, 6.07) is 4.44. The molecule has 1 saturated carbocycles. The smallest absolute Gasteiger partial charge is 0.407 e. The fourth-order valence-electron chi connectivity index (χ4n) is 5.04. The van der Waals surface area contributed by atoms with Gasteiger partial charge in [0, 0.05) is 23.9 Å². The summed E-state index contributed by atoms with van der Waals surface area (Å²) in [7, 11) is 0. The van der Waals surface area contributed by atoms with Crippen LogP contribution in [0.25, 0.3) is 5.65 Å². The van der Waals surface area contributed by atoms with E-state index in [9.17, 15) is 14.0 Å². The standard InChI is InChI=1S/C29H36FN5O4/c1-17(14-31-28(37)39-29(3,4)5)38-25-9-8-21(30)13-22(25)24(12-19-6-7-19)34-11-10-20-16-35-27(33-26(20)34)23(15-32-35)18(2)36/h8-9,13,15-17,19,24H,6-7,10-12,14H2,1-5H3,(H,31,37)/t17-,24?/m0/s1. The Hall–Kier alpha value is -3.69. The van der Waals surface area contributed by atoms with Crippen LogP contribution in [0.4, 0.5) is 15.0 Å². The minimum Gasteiger partial charge on any atom is -0.489 e. The maximum atomic E-state index is 14.7. The minimum absolute atomic E-state index is 0.0914. The number of hydrogen-bond acceptors (Lipinski definition) is 7. The van der Waals surface area contributed by atoms with Crippen molar-refractivity contribution in [1.29, 1.82) is 0 Å². The number of hydrogen-bond donors (Lipinski definition) is 1. The van der Waals surface area contributed by atoms with Crippen LogP contribution in [0.1, 0.15) is 81.4 Å². The number of anilines is 1. The summed E-state index contributed by atoms with van der Waals surface area (Å²) in [5.74, 6) is 1.49. The molecule has 1 aromatic carbocycles. The molecule has 10 heteroatoms. The Kier molecular flexibility index (Phi) is 7.22. The lowest BCUT2D eigenvalue weighted by Crippen LogP contribution is -2.38. The first-order valence-electron chi connectivity index (χ1n) is 13.6. The molecule has 0 radical (unpaired) electrons. The highest BCUT2D eigenvalue weighted by molar-refractivity contribution is 5.99. The second-order valence-electron chi connectivity index (χ2n) is 11.6. The van der Waals surface area contributed by atoms with Gasteiger partial charge in [-0.1, -0.05) is 12.8 Å². The topological polar surface area (TPSA) is 98.1 Å². The van der Waals surface area contributed by atoms with Crippen molar-refractivity contribution in [1.82, 2.24) is 19.9 Å². The van der Waals surface area contributed by atoms with Crippen molar-refractivity contribution in [3.05, 3.63) is 53.1 Å². The molecule has 1 aliphatic carbocycles. The molecule has 1 fully saturated rings. The fourth-order valence-corrected chi connectivity index (χ4v) is 5.04. The molecule has 0 saturated heterocycles. The predicted molar refractivity (Wildman–Crippen MR) is 145 cm³/mol. The number of alkyl carbamates (subject to hydrolysis) is 1. The zero-order valence-corrected chi connectivity index (χ0v) is 23.2. The summed E-state index contributed by atoms with van der Waals surface area (Å²) in [6.45, 7) is 9.74. The molecule has 9 nitrogen and oxygen atoms in total. The Morgan fingerprint density at radius 2 is 2.03 bits per heavy atom. The van der Waals surface area contributed by atoms with Gasteiger partial charge in [-0.15, -0.1) is 0 Å². The van der Waals surface area contributed by atoms with Crippen molar-refractivity contribution in [2.45, 2.75) is 78.0 Å². The molecule has 2 aromatic heterocycles. The Morgan fingerprint density at radius 3 is 2.72 bits per heavy atom. The van der Waals surface area contributed by atoms with Crippen molar-refractivity contribution >= 4 is 23.3 Å². The fraction of sp³-hybridized carbons (Fsp3) is 0.517. The van der Waals surface area contributed by atoms with Gasteiger partial charge in [-0.25, -0.2) is 18.7 Å². The summed E-state index contributed by atoms with van der Waals surface area (Å²) in [6.07, 6.45) is 6.50. The van der Waals surface area contributed by atoms with Crippen LogP contribution in [0.2, 0.25) is 0 Å². The third kappa shape index (κ3) is 6.15. The monoisotopic (exact) mass is 537 g/mol. The van der Waals surface area contributed by atoms with Gasteiger partial charge in [0.15, 0.2) is 11.4 Å². The van der Waals surface area contributed by atoms with Gasteiger partial charge in [-0.3, -0.25) is 4.79 Å². The van der Waals surface area contributed by atoms with Gasteiger partial charge < -0.3 is 19.7 Å². The molecule has 3 heterocycles. The Labute approximate surface area is 227 Å². The third-order valence-corrected chi connectivity index (χ3v) is 7.04. The van der Waals surface area contributed by atoms with E-state index in [0.29, 0.717) is 29.4 Å². The molecule has 1 N–H and O–H groups in total. The van der Waals surface area contributed by atoms with Gasteiger partial charge in [-0.2, -0.15) is 5.10 Å². The number of ether oxygens (including phenoxy) is 2. The molecule has 2 atom stereocenters. The summed E-state index contributed by atoms with van der Waals surface area (Å²) in [4.78, 5) is 31.4. The number of rotatable bonds is 9. The lowest BCUT2D eigenvalue weighted by atomic mass is 9.98. The van der Waals surface area contributed by atoms with Gasteiger partial charge in [-0.05, 0) is 71.6 Å².